The average Bonchev–Trinajstić information content (AvgIpc) is 1.85. The third kappa shape index (κ3) is 1.15. The van der Waals surface area contributed by atoms with E-state index in [1.165, 1.54) is 4.48 Å². The molecule has 1 aliphatic rings. The normalized spacial score (nSPS) is 21.9. The molecular formula is C5H9BBrN. The Bertz CT molecular complexity index is 124. The SMILES string of the molecule is CB1C=C(Br)CN1C. The molecule has 0 bridgehead atoms. The Morgan fingerprint density at radius 3 is 2.62 bits per heavy atom. The largest absolute Gasteiger partial charge is 0.337 e. The molecule has 0 aliphatic carbocycles. The van der Waals surface area contributed by atoms with E-state index in [1.807, 2.05) is 0 Å². The van der Waals surface area contributed by atoms with Crippen LogP contribution in [0.1, 0.15) is 0 Å². The van der Waals surface area contributed by atoms with E-state index < -0.39 is 0 Å². The van der Waals surface area contributed by atoms with E-state index in [4.69, 9.17) is 0 Å². The molecule has 0 unspecified atom stereocenters. The standard InChI is InChI=1S/C5H9BBrN/c1-6-3-5(7)4-8(6)2/h3H,4H2,1-2H3. The van der Waals surface area contributed by atoms with Crippen LogP contribution in [0, 0.1) is 0 Å². The minimum Gasteiger partial charge on any atom is -0.337 e. The van der Waals surface area contributed by atoms with Gasteiger partial charge in [-0.3, -0.25) is 0 Å². The zero-order valence-electron chi connectivity index (χ0n) is 5.19. The summed E-state index contributed by atoms with van der Waals surface area (Å²) in [6.07, 6.45) is 0. The fraction of sp³-hybridized carbons (Fsp3) is 0.600. The number of likely N-dealkylation sites (N-methyl/N-ethyl adjacent to an activating group) is 1. The molecule has 1 rings (SSSR count). The molecule has 8 heavy (non-hydrogen) atoms. The van der Waals surface area contributed by atoms with Crippen molar-refractivity contribution in [3.05, 3.63) is 10.5 Å². The van der Waals surface area contributed by atoms with Crippen LogP contribution >= 0.6 is 15.9 Å². The minimum atomic E-state index is 0.615. The van der Waals surface area contributed by atoms with Gasteiger partial charge in [-0.15, -0.1) is 0 Å². The van der Waals surface area contributed by atoms with Crippen molar-refractivity contribution >= 4 is 22.8 Å². The summed E-state index contributed by atoms with van der Waals surface area (Å²) in [7, 11) is 2.12. The van der Waals surface area contributed by atoms with Crippen molar-refractivity contribution in [3.63, 3.8) is 0 Å². The van der Waals surface area contributed by atoms with Crippen molar-refractivity contribution in [2.75, 3.05) is 13.6 Å². The summed E-state index contributed by atoms with van der Waals surface area (Å²) >= 11 is 3.44. The average molecular weight is 174 g/mol. The van der Waals surface area contributed by atoms with Crippen LogP contribution in [0.5, 0.6) is 0 Å². The van der Waals surface area contributed by atoms with E-state index >= 15 is 0 Å². The monoisotopic (exact) mass is 173 g/mol. The van der Waals surface area contributed by atoms with Gasteiger partial charge in [-0.05, 0) is 11.5 Å². The highest BCUT2D eigenvalue weighted by Gasteiger charge is 2.18. The number of hydrogen-bond donors (Lipinski definition) is 0. The molecule has 0 saturated heterocycles. The van der Waals surface area contributed by atoms with Crippen molar-refractivity contribution in [1.82, 2.24) is 4.81 Å². The highest BCUT2D eigenvalue weighted by atomic mass is 79.9. The first-order valence-electron chi connectivity index (χ1n) is 2.76. The minimum absolute atomic E-state index is 0.615. The molecule has 1 nitrogen and oxygen atoms in total. The van der Waals surface area contributed by atoms with E-state index in [1.54, 1.807) is 0 Å². The first kappa shape index (κ1) is 6.37. The zero-order chi connectivity index (χ0) is 6.15. The Morgan fingerprint density at radius 1 is 1.88 bits per heavy atom. The van der Waals surface area contributed by atoms with Crippen LogP contribution in [0.2, 0.25) is 6.82 Å². The zero-order valence-corrected chi connectivity index (χ0v) is 6.77. The molecule has 0 atom stereocenters. The first-order chi connectivity index (χ1) is 3.70. The molecule has 3 heteroatoms. The second-order valence-electron chi connectivity index (χ2n) is 2.27. The quantitative estimate of drug-likeness (QED) is 0.501. The summed E-state index contributed by atoms with van der Waals surface area (Å²) in [4.78, 5) is 2.28. The van der Waals surface area contributed by atoms with Gasteiger partial charge >= 0.3 is 0 Å². The van der Waals surface area contributed by atoms with E-state index in [0.29, 0.717) is 6.85 Å². The molecule has 0 amide bonds. The van der Waals surface area contributed by atoms with Gasteiger partial charge in [0.25, 0.3) is 0 Å². The number of rotatable bonds is 0. The van der Waals surface area contributed by atoms with Crippen LogP contribution in [0.3, 0.4) is 0 Å². The summed E-state index contributed by atoms with van der Waals surface area (Å²) in [5.74, 6) is 2.22. The predicted molar refractivity (Wildman–Crippen MR) is 41.3 cm³/mol. The fourth-order valence-electron chi connectivity index (χ4n) is 0.824. The third-order valence-corrected chi connectivity index (χ3v) is 2.03. The van der Waals surface area contributed by atoms with Crippen LogP contribution in [0.15, 0.2) is 10.5 Å². The van der Waals surface area contributed by atoms with Crippen LogP contribution in [0.4, 0.5) is 0 Å². The van der Waals surface area contributed by atoms with E-state index in [2.05, 4.69) is 40.6 Å². The van der Waals surface area contributed by atoms with E-state index in [-0.39, 0.29) is 0 Å². The molecular weight excluding hydrogens is 165 g/mol. The number of hydrogen-bond acceptors (Lipinski definition) is 1. The molecule has 0 spiro atoms. The second kappa shape index (κ2) is 2.23. The highest BCUT2D eigenvalue weighted by Crippen LogP contribution is 2.15. The lowest BCUT2D eigenvalue weighted by atomic mass is 9.66. The van der Waals surface area contributed by atoms with Gasteiger partial charge in [0.15, 0.2) is 0 Å². The summed E-state index contributed by atoms with van der Waals surface area (Å²) in [5.41, 5.74) is 0. The maximum absolute atomic E-state index is 3.44. The Hall–Kier alpha value is 0.245. The van der Waals surface area contributed by atoms with Gasteiger partial charge in [-0.1, -0.05) is 28.7 Å². The number of halogens is 1. The fourth-order valence-corrected chi connectivity index (χ4v) is 1.60. The van der Waals surface area contributed by atoms with Crippen molar-refractivity contribution in [1.29, 1.82) is 0 Å². The summed E-state index contributed by atoms with van der Waals surface area (Å²) in [6.45, 7) is 3.87. The van der Waals surface area contributed by atoms with Gasteiger partial charge in [0, 0.05) is 6.54 Å². The molecule has 0 saturated carbocycles. The Labute approximate surface area is 59.0 Å². The smallest absolute Gasteiger partial charge is 0.247 e. The van der Waals surface area contributed by atoms with Crippen molar-refractivity contribution in [3.8, 4) is 0 Å². The maximum atomic E-state index is 3.44. The summed E-state index contributed by atoms with van der Waals surface area (Å²) in [6, 6.07) is 0. The molecule has 0 N–H and O–H groups in total. The molecule has 0 aromatic heterocycles. The third-order valence-electron chi connectivity index (χ3n) is 1.52. The summed E-state index contributed by atoms with van der Waals surface area (Å²) in [5, 5.41) is 0. The lowest BCUT2D eigenvalue weighted by Gasteiger charge is -2.09. The Morgan fingerprint density at radius 2 is 2.50 bits per heavy atom. The molecule has 0 aromatic rings. The molecule has 1 heterocycles. The Balaban J connectivity index is 2.56. The van der Waals surface area contributed by atoms with Crippen molar-refractivity contribution < 1.29 is 0 Å². The maximum Gasteiger partial charge on any atom is 0.247 e. The van der Waals surface area contributed by atoms with Crippen LogP contribution in [0.25, 0.3) is 0 Å². The number of nitrogens with zero attached hydrogens (tertiary/aromatic N) is 1. The first-order valence-corrected chi connectivity index (χ1v) is 3.56. The van der Waals surface area contributed by atoms with E-state index in [9.17, 15) is 0 Å². The van der Waals surface area contributed by atoms with Crippen LogP contribution in [-0.4, -0.2) is 25.3 Å². The molecule has 0 fully saturated rings. The second-order valence-corrected chi connectivity index (χ2v) is 3.29. The van der Waals surface area contributed by atoms with Gasteiger partial charge in [-0.2, -0.15) is 0 Å². The molecule has 1 aliphatic heterocycles. The topological polar surface area (TPSA) is 3.24 Å². The van der Waals surface area contributed by atoms with Gasteiger partial charge in [-0.25, -0.2) is 0 Å². The summed E-state index contributed by atoms with van der Waals surface area (Å²) < 4.78 is 1.31. The van der Waals surface area contributed by atoms with Gasteiger partial charge in [0.1, 0.15) is 0 Å². The van der Waals surface area contributed by atoms with E-state index in [0.717, 1.165) is 6.54 Å². The molecule has 0 aromatic carbocycles. The Kier molecular flexibility index (Phi) is 1.78. The van der Waals surface area contributed by atoms with Crippen LogP contribution < -0.4 is 0 Å². The van der Waals surface area contributed by atoms with Crippen molar-refractivity contribution in [2.45, 2.75) is 6.82 Å². The van der Waals surface area contributed by atoms with Crippen molar-refractivity contribution in [2.24, 2.45) is 0 Å². The highest BCUT2D eigenvalue weighted by molar-refractivity contribution is 9.11. The predicted octanol–water partition coefficient (Wildman–Crippen LogP) is 1.37. The molecule has 0 radical (unpaired) electrons. The van der Waals surface area contributed by atoms with Gasteiger partial charge in [0.05, 0.1) is 0 Å². The van der Waals surface area contributed by atoms with Gasteiger partial charge < -0.3 is 4.81 Å². The van der Waals surface area contributed by atoms with Crippen LogP contribution in [-0.2, 0) is 0 Å². The molecule has 44 valence electrons. The lowest BCUT2D eigenvalue weighted by Crippen LogP contribution is -2.26. The van der Waals surface area contributed by atoms with Gasteiger partial charge in [0.2, 0.25) is 6.85 Å². The lowest BCUT2D eigenvalue weighted by molar-refractivity contribution is 0.602.